The molecule has 1 aromatic carbocycles. The molecule has 10 nitrogen and oxygen atoms in total. The number of anilines is 2. The maximum atomic E-state index is 14.4. The zero-order valence-corrected chi connectivity index (χ0v) is 22.4. The van der Waals surface area contributed by atoms with Crippen LogP contribution in [-0.4, -0.2) is 88.8 Å². The lowest BCUT2D eigenvalue weighted by molar-refractivity contribution is 0.0658. The van der Waals surface area contributed by atoms with Gasteiger partial charge in [0.15, 0.2) is 17.4 Å². The fraction of sp³-hybridized carbons (Fsp3) is 0.448. The van der Waals surface area contributed by atoms with Gasteiger partial charge in [-0.2, -0.15) is 5.26 Å². The minimum Gasteiger partial charge on any atom is -0.364 e. The summed E-state index contributed by atoms with van der Waals surface area (Å²) >= 11 is 0. The number of aromatic nitrogens is 3. The number of carbonyl (C=O) groups is 2. The molecule has 40 heavy (non-hydrogen) atoms. The third-order valence-corrected chi connectivity index (χ3v) is 7.99. The second kappa shape index (κ2) is 10.8. The van der Waals surface area contributed by atoms with Gasteiger partial charge in [-0.25, -0.2) is 19.3 Å². The van der Waals surface area contributed by atoms with Gasteiger partial charge in [-0.3, -0.25) is 9.59 Å². The van der Waals surface area contributed by atoms with Gasteiger partial charge in [0.25, 0.3) is 5.91 Å². The van der Waals surface area contributed by atoms with Gasteiger partial charge >= 0.3 is 0 Å². The summed E-state index contributed by atoms with van der Waals surface area (Å²) in [7, 11) is 2.05. The standard InChI is InChI=1S/C29H31FN8O2/c1-36-10-12-38(13-11-36)29(40)24-15-23-25(17-32-24)35-28(27(34-23)33-20-3-4-20)37-8-6-19(7-9-37)26(39)21-14-18(16-31)2-5-22(21)30/h2,5,14-15,17,19-20H,3-4,6-13H2,1H3,(H,33,34). The van der Waals surface area contributed by atoms with Crippen molar-refractivity contribution in [3.63, 3.8) is 0 Å². The molecule has 6 rings (SSSR count). The molecule has 0 atom stereocenters. The number of piperazine rings is 1. The Kier molecular flexibility index (Phi) is 7.02. The quantitative estimate of drug-likeness (QED) is 0.469. The van der Waals surface area contributed by atoms with Crippen LogP contribution in [0.1, 0.15) is 52.1 Å². The summed E-state index contributed by atoms with van der Waals surface area (Å²) < 4.78 is 14.4. The number of hydrogen-bond donors (Lipinski definition) is 1. The van der Waals surface area contributed by atoms with Crippen molar-refractivity contribution in [1.29, 1.82) is 5.26 Å². The first-order valence-corrected chi connectivity index (χ1v) is 13.8. The number of nitriles is 1. The van der Waals surface area contributed by atoms with Crippen LogP contribution < -0.4 is 10.2 Å². The lowest BCUT2D eigenvalue weighted by Crippen LogP contribution is -2.47. The Labute approximate surface area is 231 Å². The summed E-state index contributed by atoms with van der Waals surface area (Å²) in [5, 5.41) is 12.6. The molecule has 3 aromatic rings. The zero-order valence-electron chi connectivity index (χ0n) is 22.4. The smallest absolute Gasteiger partial charge is 0.272 e. The van der Waals surface area contributed by atoms with Crippen LogP contribution in [0.25, 0.3) is 11.0 Å². The molecule has 3 aliphatic rings. The van der Waals surface area contributed by atoms with Gasteiger partial charge in [0.1, 0.15) is 17.0 Å². The lowest BCUT2D eigenvalue weighted by atomic mass is 9.88. The van der Waals surface area contributed by atoms with Crippen LogP contribution in [0.15, 0.2) is 30.5 Å². The molecular weight excluding hydrogens is 511 g/mol. The number of rotatable bonds is 6. The topological polar surface area (TPSA) is 118 Å². The van der Waals surface area contributed by atoms with Crippen molar-refractivity contribution in [3.05, 3.63) is 53.1 Å². The molecule has 1 saturated carbocycles. The van der Waals surface area contributed by atoms with E-state index < -0.39 is 5.82 Å². The van der Waals surface area contributed by atoms with Crippen molar-refractivity contribution in [3.8, 4) is 6.07 Å². The van der Waals surface area contributed by atoms with Crippen LogP contribution in [0.4, 0.5) is 16.0 Å². The molecule has 2 saturated heterocycles. The second-order valence-corrected chi connectivity index (χ2v) is 10.9. The number of fused-ring (bicyclic) bond motifs is 1. The van der Waals surface area contributed by atoms with Crippen LogP contribution in [0.5, 0.6) is 0 Å². The molecule has 1 amide bonds. The Morgan fingerprint density at radius 1 is 1.00 bits per heavy atom. The summed E-state index contributed by atoms with van der Waals surface area (Å²) in [5.74, 6) is 0.0658. The second-order valence-electron chi connectivity index (χ2n) is 10.9. The Morgan fingerprint density at radius 2 is 1.75 bits per heavy atom. The SMILES string of the molecule is CN1CCN(C(=O)c2cc3nc(NC4CC4)c(N4CCC(C(=O)c5cc(C#N)ccc5F)CC4)nc3cn2)CC1. The van der Waals surface area contributed by atoms with E-state index in [1.807, 2.05) is 18.0 Å². The zero-order chi connectivity index (χ0) is 27.8. The summed E-state index contributed by atoms with van der Waals surface area (Å²) in [4.78, 5) is 46.5. The Hall–Kier alpha value is -4.17. The van der Waals surface area contributed by atoms with E-state index in [2.05, 4.69) is 20.1 Å². The Balaban J connectivity index is 1.21. The summed E-state index contributed by atoms with van der Waals surface area (Å²) in [6, 6.07) is 7.93. The molecule has 2 aromatic heterocycles. The molecule has 11 heteroatoms. The molecule has 2 aliphatic heterocycles. The van der Waals surface area contributed by atoms with Crippen molar-refractivity contribution < 1.29 is 14.0 Å². The number of piperidine rings is 1. The average Bonchev–Trinajstić information content (AvgIpc) is 3.80. The molecule has 4 heterocycles. The van der Waals surface area contributed by atoms with E-state index in [4.69, 9.17) is 15.2 Å². The highest BCUT2D eigenvalue weighted by atomic mass is 19.1. The van der Waals surface area contributed by atoms with Gasteiger partial charge in [-0.1, -0.05) is 0 Å². The van der Waals surface area contributed by atoms with E-state index in [0.29, 0.717) is 73.4 Å². The number of pyridine rings is 1. The van der Waals surface area contributed by atoms with E-state index in [1.54, 1.807) is 12.3 Å². The number of hydrogen-bond acceptors (Lipinski definition) is 9. The van der Waals surface area contributed by atoms with E-state index in [-0.39, 0.29) is 28.7 Å². The van der Waals surface area contributed by atoms with Crippen molar-refractivity contribution in [1.82, 2.24) is 24.8 Å². The van der Waals surface area contributed by atoms with Crippen molar-refractivity contribution in [2.75, 3.05) is 56.5 Å². The van der Waals surface area contributed by atoms with Gasteiger partial charge in [0.05, 0.1) is 28.9 Å². The highest BCUT2D eigenvalue weighted by Crippen LogP contribution is 2.34. The lowest BCUT2D eigenvalue weighted by Gasteiger charge is -2.33. The van der Waals surface area contributed by atoms with Crippen molar-refractivity contribution in [2.45, 2.75) is 31.7 Å². The average molecular weight is 543 g/mol. The monoisotopic (exact) mass is 542 g/mol. The van der Waals surface area contributed by atoms with Gasteiger partial charge in [0.2, 0.25) is 0 Å². The van der Waals surface area contributed by atoms with Crippen LogP contribution in [0.2, 0.25) is 0 Å². The Morgan fingerprint density at radius 3 is 2.45 bits per heavy atom. The molecule has 0 bridgehead atoms. The summed E-state index contributed by atoms with van der Waals surface area (Å²) in [6.45, 7) is 4.13. The van der Waals surface area contributed by atoms with Gasteiger partial charge in [-0.05, 0) is 57.0 Å². The summed E-state index contributed by atoms with van der Waals surface area (Å²) in [5.41, 5.74) is 1.82. The van der Waals surface area contributed by atoms with Crippen LogP contribution >= 0.6 is 0 Å². The van der Waals surface area contributed by atoms with Gasteiger partial charge in [-0.15, -0.1) is 0 Å². The highest BCUT2D eigenvalue weighted by molar-refractivity contribution is 5.98. The number of Topliss-reactive ketones (excluding diaryl/α,β-unsaturated/α-hetero) is 1. The molecule has 0 spiro atoms. The molecule has 0 radical (unpaired) electrons. The largest absolute Gasteiger partial charge is 0.364 e. The third-order valence-electron chi connectivity index (χ3n) is 7.99. The highest BCUT2D eigenvalue weighted by Gasteiger charge is 2.31. The van der Waals surface area contributed by atoms with E-state index in [0.717, 1.165) is 25.9 Å². The number of halogens is 1. The number of likely N-dealkylation sites (N-methyl/N-ethyl adjacent to an activating group) is 1. The molecule has 206 valence electrons. The summed E-state index contributed by atoms with van der Waals surface area (Å²) in [6.07, 6.45) is 4.80. The number of amides is 1. The first kappa shape index (κ1) is 26.1. The number of nitrogens with one attached hydrogen (secondary N) is 1. The Bertz CT molecular complexity index is 1500. The van der Waals surface area contributed by atoms with Crippen LogP contribution in [0.3, 0.4) is 0 Å². The van der Waals surface area contributed by atoms with E-state index >= 15 is 0 Å². The maximum Gasteiger partial charge on any atom is 0.272 e. The fourth-order valence-corrected chi connectivity index (χ4v) is 5.33. The number of nitrogens with zero attached hydrogens (tertiary/aromatic N) is 7. The first-order chi connectivity index (χ1) is 19.4. The minimum absolute atomic E-state index is 0.0212. The molecule has 0 unspecified atom stereocenters. The van der Waals surface area contributed by atoms with Crippen molar-refractivity contribution >= 4 is 34.4 Å². The van der Waals surface area contributed by atoms with Crippen LogP contribution in [0, 0.1) is 23.1 Å². The van der Waals surface area contributed by atoms with Crippen molar-refractivity contribution in [2.24, 2.45) is 5.92 Å². The van der Waals surface area contributed by atoms with Gasteiger partial charge < -0.3 is 20.0 Å². The number of carbonyl (C=O) groups excluding carboxylic acids is 2. The predicted octanol–water partition coefficient (Wildman–Crippen LogP) is 3.10. The normalized spacial score (nSPS) is 18.5. The molecular formula is C29H31FN8O2. The van der Waals surface area contributed by atoms with Crippen LogP contribution in [-0.2, 0) is 0 Å². The fourth-order valence-electron chi connectivity index (χ4n) is 5.33. The molecule has 1 N–H and O–H groups in total. The molecule has 3 fully saturated rings. The molecule has 1 aliphatic carbocycles. The predicted molar refractivity (Wildman–Crippen MR) is 148 cm³/mol. The number of ketones is 1. The van der Waals surface area contributed by atoms with E-state index in [1.165, 1.54) is 18.2 Å². The first-order valence-electron chi connectivity index (χ1n) is 13.8. The third kappa shape index (κ3) is 5.31. The maximum absolute atomic E-state index is 14.4. The minimum atomic E-state index is -0.597. The number of benzene rings is 1. The van der Waals surface area contributed by atoms with Gasteiger partial charge in [0, 0.05) is 51.2 Å². The van der Waals surface area contributed by atoms with E-state index in [9.17, 15) is 14.0 Å².